The first-order chi connectivity index (χ1) is 8.62. The van der Waals surface area contributed by atoms with Crippen molar-refractivity contribution in [1.29, 1.82) is 0 Å². The van der Waals surface area contributed by atoms with Crippen molar-refractivity contribution in [3.05, 3.63) is 29.8 Å². The molecular weight excluding hydrogens is 267 g/mol. The monoisotopic (exact) mass is 286 g/mol. The highest BCUT2D eigenvalue weighted by Gasteiger charge is 2.31. The van der Waals surface area contributed by atoms with Crippen LogP contribution >= 0.6 is 17.7 Å². The number of benzene rings is 1. The molecule has 0 amide bonds. The average Bonchev–Trinajstić information content (AvgIpc) is 2.40. The molecular formula is C14H20ClO2P. The quantitative estimate of drug-likeness (QED) is 0.724. The predicted molar refractivity (Wildman–Crippen MR) is 77.0 cm³/mol. The lowest BCUT2D eigenvalue weighted by Crippen LogP contribution is -2.11. The number of hydrogen-bond donors (Lipinski definition) is 0. The Morgan fingerprint density at radius 1 is 1.22 bits per heavy atom. The van der Waals surface area contributed by atoms with Crippen LogP contribution in [0.25, 0.3) is 0 Å². The largest absolute Gasteiger partial charge is 0.497 e. The Balaban J connectivity index is 2.03. The molecule has 1 aliphatic carbocycles. The second-order valence-electron chi connectivity index (χ2n) is 5.00. The van der Waals surface area contributed by atoms with Crippen molar-refractivity contribution in [2.24, 2.45) is 0 Å². The predicted octanol–water partition coefficient (Wildman–Crippen LogP) is 5.04. The number of hydrogen-bond acceptors (Lipinski definition) is 2. The van der Waals surface area contributed by atoms with Gasteiger partial charge in [-0.05, 0) is 30.5 Å². The summed E-state index contributed by atoms with van der Waals surface area (Å²) in [7, 11) is 1.64. The molecule has 0 aliphatic heterocycles. The van der Waals surface area contributed by atoms with E-state index in [1.54, 1.807) is 7.11 Å². The molecule has 1 aliphatic rings. The average molecular weight is 287 g/mol. The van der Waals surface area contributed by atoms with Crippen molar-refractivity contribution in [3.63, 3.8) is 0 Å². The van der Waals surface area contributed by atoms with Crippen molar-refractivity contribution in [2.45, 2.75) is 43.9 Å². The van der Waals surface area contributed by atoms with Gasteiger partial charge in [0.25, 0.3) is 0 Å². The highest BCUT2D eigenvalue weighted by Crippen LogP contribution is 2.62. The van der Waals surface area contributed by atoms with E-state index in [1.807, 2.05) is 24.3 Å². The zero-order valence-corrected chi connectivity index (χ0v) is 12.4. The summed E-state index contributed by atoms with van der Waals surface area (Å²) in [4.78, 5) is 0. The van der Waals surface area contributed by atoms with Gasteiger partial charge in [-0.2, -0.15) is 0 Å². The van der Waals surface area contributed by atoms with Crippen LogP contribution in [-0.4, -0.2) is 12.8 Å². The first kappa shape index (κ1) is 14.0. The van der Waals surface area contributed by atoms with Crippen LogP contribution in [0.2, 0.25) is 0 Å². The maximum absolute atomic E-state index is 12.6. The number of rotatable bonds is 4. The zero-order chi connectivity index (χ0) is 13.0. The van der Waals surface area contributed by atoms with Crippen LogP contribution in [-0.2, 0) is 10.7 Å². The van der Waals surface area contributed by atoms with Crippen molar-refractivity contribution in [2.75, 3.05) is 7.11 Å². The summed E-state index contributed by atoms with van der Waals surface area (Å²) in [6.45, 7) is -2.58. The van der Waals surface area contributed by atoms with Gasteiger partial charge in [-0.3, -0.25) is 0 Å². The molecule has 1 atom stereocenters. The van der Waals surface area contributed by atoms with E-state index in [9.17, 15) is 4.57 Å². The first-order valence-corrected chi connectivity index (χ1v) is 9.40. The van der Waals surface area contributed by atoms with Gasteiger partial charge in [-0.15, -0.1) is 0 Å². The summed E-state index contributed by atoms with van der Waals surface area (Å²) in [5, 5.41) is 0. The van der Waals surface area contributed by atoms with E-state index in [1.165, 1.54) is 19.3 Å². The maximum Gasteiger partial charge on any atom is 0.176 e. The smallest absolute Gasteiger partial charge is 0.176 e. The first-order valence-electron chi connectivity index (χ1n) is 6.53. The number of halogens is 1. The van der Waals surface area contributed by atoms with E-state index in [2.05, 4.69) is 0 Å². The van der Waals surface area contributed by atoms with E-state index in [-0.39, 0.29) is 5.66 Å². The fourth-order valence-corrected chi connectivity index (χ4v) is 5.68. The van der Waals surface area contributed by atoms with Crippen LogP contribution in [0.15, 0.2) is 24.3 Å². The molecule has 0 N–H and O–H groups in total. The minimum atomic E-state index is -2.58. The SMILES string of the molecule is COc1ccc(C[P@@](=O)(Cl)C2CCCCC2)cc1. The molecule has 0 bridgehead atoms. The van der Waals surface area contributed by atoms with Crippen molar-refractivity contribution in [1.82, 2.24) is 0 Å². The molecule has 1 aromatic rings. The molecule has 1 saturated carbocycles. The van der Waals surface area contributed by atoms with Crippen LogP contribution < -0.4 is 4.74 Å². The van der Waals surface area contributed by atoms with Crippen molar-refractivity contribution < 1.29 is 9.30 Å². The van der Waals surface area contributed by atoms with Gasteiger partial charge in [0, 0.05) is 11.8 Å². The van der Waals surface area contributed by atoms with Crippen LogP contribution in [0.3, 0.4) is 0 Å². The summed E-state index contributed by atoms with van der Waals surface area (Å²) in [6, 6.07) is 7.70. The maximum atomic E-state index is 12.6. The molecule has 0 heterocycles. The third-order valence-electron chi connectivity index (χ3n) is 3.68. The summed E-state index contributed by atoms with van der Waals surface area (Å²) < 4.78 is 17.7. The molecule has 1 aromatic carbocycles. The van der Waals surface area contributed by atoms with Gasteiger partial charge in [-0.25, -0.2) is 0 Å². The number of methoxy groups -OCH3 is 1. The Morgan fingerprint density at radius 2 is 1.83 bits per heavy atom. The Morgan fingerprint density at radius 3 is 2.39 bits per heavy atom. The second kappa shape index (κ2) is 6.12. The molecule has 0 radical (unpaired) electrons. The van der Waals surface area contributed by atoms with Gasteiger partial charge in [-0.1, -0.05) is 42.6 Å². The molecule has 0 aromatic heterocycles. The van der Waals surface area contributed by atoms with E-state index in [4.69, 9.17) is 16.0 Å². The molecule has 2 nitrogen and oxygen atoms in total. The summed E-state index contributed by atoms with van der Waals surface area (Å²) in [5.74, 6) is 0.820. The Kier molecular flexibility index (Phi) is 4.75. The molecule has 100 valence electrons. The molecule has 0 unspecified atom stereocenters. The lowest BCUT2D eigenvalue weighted by molar-refractivity contribution is 0.414. The molecule has 1 fully saturated rings. The van der Waals surface area contributed by atoms with Gasteiger partial charge < -0.3 is 9.30 Å². The minimum absolute atomic E-state index is 0.218. The molecule has 2 rings (SSSR count). The highest BCUT2D eigenvalue weighted by molar-refractivity contribution is 7.89. The van der Waals surface area contributed by atoms with E-state index in [0.717, 1.165) is 24.2 Å². The third kappa shape index (κ3) is 3.52. The Bertz CT molecular complexity index is 424. The Labute approximate surface area is 114 Å². The van der Waals surface area contributed by atoms with Crippen LogP contribution in [0.5, 0.6) is 5.75 Å². The summed E-state index contributed by atoms with van der Waals surface area (Å²) in [6.07, 6.45) is 6.15. The van der Waals surface area contributed by atoms with Crippen LogP contribution in [0.1, 0.15) is 37.7 Å². The van der Waals surface area contributed by atoms with Gasteiger partial charge in [0.15, 0.2) is 6.49 Å². The Hall–Kier alpha value is -0.460. The second-order valence-corrected chi connectivity index (χ2v) is 9.17. The fourth-order valence-electron chi connectivity index (χ4n) is 2.58. The van der Waals surface area contributed by atoms with Gasteiger partial charge in [0.2, 0.25) is 0 Å². The minimum Gasteiger partial charge on any atom is -0.497 e. The van der Waals surface area contributed by atoms with E-state index < -0.39 is 6.49 Å². The molecule has 4 heteroatoms. The normalized spacial score (nSPS) is 20.3. The van der Waals surface area contributed by atoms with Crippen molar-refractivity contribution >= 4 is 17.7 Å². The van der Waals surface area contributed by atoms with E-state index >= 15 is 0 Å². The van der Waals surface area contributed by atoms with Gasteiger partial charge >= 0.3 is 0 Å². The lowest BCUT2D eigenvalue weighted by Gasteiger charge is -2.26. The van der Waals surface area contributed by atoms with E-state index in [0.29, 0.717) is 6.16 Å². The zero-order valence-electron chi connectivity index (χ0n) is 10.8. The highest BCUT2D eigenvalue weighted by atomic mass is 35.7. The van der Waals surface area contributed by atoms with Gasteiger partial charge in [0.1, 0.15) is 5.75 Å². The molecule has 18 heavy (non-hydrogen) atoms. The van der Waals surface area contributed by atoms with Crippen LogP contribution in [0.4, 0.5) is 0 Å². The lowest BCUT2D eigenvalue weighted by atomic mass is 10.0. The van der Waals surface area contributed by atoms with Crippen LogP contribution in [0, 0.1) is 0 Å². The van der Waals surface area contributed by atoms with Gasteiger partial charge in [0.05, 0.1) is 7.11 Å². The summed E-state index contributed by atoms with van der Waals surface area (Å²) in [5.41, 5.74) is 1.26. The van der Waals surface area contributed by atoms with Crippen molar-refractivity contribution in [3.8, 4) is 5.75 Å². The summed E-state index contributed by atoms with van der Waals surface area (Å²) >= 11 is 6.35. The third-order valence-corrected chi connectivity index (χ3v) is 7.27. The standard InChI is InChI=1S/C14H20ClO2P/c1-17-13-9-7-12(8-10-13)11-18(15,16)14-5-3-2-4-6-14/h7-10,14H,2-6,11H2,1H3/t18-/m0/s1. The number of ether oxygens (including phenoxy) is 1. The topological polar surface area (TPSA) is 26.3 Å². The fraction of sp³-hybridized carbons (Fsp3) is 0.571. The molecule has 0 saturated heterocycles. The molecule has 0 spiro atoms.